The van der Waals surface area contributed by atoms with E-state index < -0.39 is 0 Å². The Balaban J connectivity index is 1.27. The third-order valence-corrected chi connectivity index (χ3v) is 6.91. The number of aromatic amines is 1. The van der Waals surface area contributed by atoms with Crippen molar-refractivity contribution in [2.75, 3.05) is 33.2 Å². The lowest BCUT2D eigenvalue weighted by Crippen LogP contribution is -2.43. The van der Waals surface area contributed by atoms with Crippen LogP contribution in [0.4, 0.5) is 0 Å². The first-order valence-electron chi connectivity index (χ1n) is 11.5. The second kappa shape index (κ2) is 7.98. The van der Waals surface area contributed by atoms with E-state index in [2.05, 4.69) is 56.5 Å². The smallest absolute Gasteiger partial charge is 0.173 e. The van der Waals surface area contributed by atoms with Gasteiger partial charge in [0.25, 0.3) is 0 Å². The second-order valence-corrected chi connectivity index (χ2v) is 9.27. The maximum absolute atomic E-state index is 11.1. The fourth-order valence-corrected chi connectivity index (χ4v) is 4.92. The lowest BCUT2D eigenvalue weighted by atomic mass is 10.1. The van der Waals surface area contributed by atoms with Crippen LogP contribution in [0.5, 0.6) is 5.75 Å². The molecule has 0 spiro atoms. The van der Waals surface area contributed by atoms with Gasteiger partial charge in [-0.05, 0) is 35.9 Å². The summed E-state index contributed by atoms with van der Waals surface area (Å²) < 4.78 is 1.70. The number of hydrogen-bond donors (Lipinski definition) is 3. The van der Waals surface area contributed by atoms with Crippen LogP contribution in [0.1, 0.15) is 16.7 Å². The predicted molar refractivity (Wildman–Crippen MR) is 129 cm³/mol. The van der Waals surface area contributed by atoms with Crippen molar-refractivity contribution < 1.29 is 5.11 Å². The standard InChI is InChI=1S/C25H29N7O/c1-30-7-9-32(10-8-30)15-16-3-5-17(6-4-16)22-24(33)23(31(2)29-22)25-27-20-11-18-13-26-14-19(18)12-21(20)28-25/h3-6,11-12,26,33H,7-10,13-15H2,1-2H3,(H,27,28). The van der Waals surface area contributed by atoms with Gasteiger partial charge < -0.3 is 20.3 Å². The minimum absolute atomic E-state index is 0.151. The fourth-order valence-electron chi connectivity index (χ4n) is 4.92. The monoisotopic (exact) mass is 443 g/mol. The van der Waals surface area contributed by atoms with Crippen molar-refractivity contribution in [3.63, 3.8) is 0 Å². The van der Waals surface area contributed by atoms with Gasteiger partial charge in [-0.2, -0.15) is 5.10 Å². The molecule has 8 heteroatoms. The van der Waals surface area contributed by atoms with Crippen LogP contribution in [0.3, 0.4) is 0 Å². The summed E-state index contributed by atoms with van der Waals surface area (Å²) in [4.78, 5) is 13.0. The molecule has 2 aliphatic heterocycles. The van der Waals surface area contributed by atoms with Gasteiger partial charge in [-0.1, -0.05) is 24.3 Å². The maximum atomic E-state index is 11.1. The fraction of sp³-hybridized carbons (Fsp3) is 0.360. The van der Waals surface area contributed by atoms with Gasteiger partial charge in [0, 0.05) is 58.4 Å². The van der Waals surface area contributed by atoms with Gasteiger partial charge in [-0.15, -0.1) is 0 Å². The zero-order chi connectivity index (χ0) is 22.5. The number of likely N-dealkylation sites (N-methyl/N-ethyl adjacent to an activating group) is 1. The van der Waals surface area contributed by atoms with E-state index in [4.69, 9.17) is 4.98 Å². The molecule has 0 amide bonds. The largest absolute Gasteiger partial charge is 0.504 e. The molecule has 6 rings (SSSR count). The highest BCUT2D eigenvalue weighted by Gasteiger charge is 2.22. The molecule has 0 bridgehead atoms. The Morgan fingerprint density at radius 1 is 0.970 bits per heavy atom. The van der Waals surface area contributed by atoms with Crippen molar-refractivity contribution in [1.82, 2.24) is 34.9 Å². The van der Waals surface area contributed by atoms with Crippen molar-refractivity contribution in [2.24, 2.45) is 7.05 Å². The first-order chi connectivity index (χ1) is 16.0. The molecule has 170 valence electrons. The first-order valence-corrected chi connectivity index (χ1v) is 11.5. The normalized spacial score (nSPS) is 17.2. The topological polar surface area (TPSA) is 85.2 Å². The molecule has 2 aliphatic rings. The van der Waals surface area contributed by atoms with Crippen LogP contribution in [0.2, 0.25) is 0 Å². The molecular weight excluding hydrogens is 414 g/mol. The average molecular weight is 444 g/mol. The van der Waals surface area contributed by atoms with Crippen LogP contribution >= 0.6 is 0 Å². The molecule has 0 saturated carbocycles. The third kappa shape index (κ3) is 3.70. The van der Waals surface area contributed by atoms with Crippen LogP contribution in [0, 0.1) is 0 Å². The highest BCUT2D eigenvalue weighted by molar-refractivity contribution is 5.83. The van der Waals surface area contributed by atoms with E-state index in [-0.39, 0.29) is 5.75 Å². The first kappa shape index (κ1) is 20.4. The number of nitrogens with zero attached hydrogens (tertiary/aromatic N) is 5. The lowest BCUT2D eigenvalue weighted by molar-refractivity contribution is 0.148. The lowest BCUT2D eigenvalue weighted by Gasteiger charge is -2.32. The van der Waals surface area contributed by atoms with E-state index in [1.54, 1.807) is 4.68 Å². The van der Waals surface area contributed by atoms with Crippen molar-refractivity contribution in [1.29, 1.82) is 0 Å². The number of benzene rings is 2. The Kier molecular flexibility index (Phi) is 4.94. The van der Waals surface area contributed by atoms with E-state index in [9.17, 15) is 5.11 Å². The Labute approximate surface area is 192 Å². The highest BCUT2D eigenvalue weighted by Crippen LogP contribution is 2.37. The molecule has 4 heterocycles. The van der Waals surface area contributed by atoms with Gasteiger partial charge in [-0.25, -0.2) is 4.98 Å². The van der Waals surface area contributed by atoms with Gasteiger partial charge in [0.1, 0.15) is 11.4 Å². The summed E-state index contributed by atoms with van der Waals surface area (Å²) in [6.45, 7) is 7.13. The SMILES string of the molecule is CN1CCN(Cc2ccc(-c3nn(C)c(-c4nc5cc6c(cc5[nH]4)CNC6)c3O)cc2)CC1. The number of rotatable bonds is 4. The van der Waals surface area contributed by atoms with Crippen LogP contribution in [0.15, 0.2) is 36.4 Å². The number of aromatic nitrogens is 4. The molecule has 2 aromatic carbocycles. The van der Waals surface area contributed by atoms with Gasteiger partial charge in [0.15, 0.2) is 11.6 Å². The zero-order valence-corrected chi connectivity index (χ0v) is 19.1. The van der Waals surface area contributed by atoms with E-state index in [1.165, 1.54) is 16.7 Å². The Morgan fingerprint density at radius 2 is 1.70 bits per heavy atom. The molecule has 1 saturated heterocycles. The molecule has 0 atom stereocenters. The maximum Gasteiger partial charge on any atom is 0.173 e. The molecule has 0 unspecified atom stereocenters. The van der Waals surface area contributed by atoms with Crippen LogP contribution in [-0.2, 0) is 26.7 Å². The highest BCUT2D eigenvalue weighted by atomic mass is 16.3. The molecule has 0 radical (unpaired) electrons. The number of H-pyrrole nitrogens is 1. The minimum Gasteiger partial charge on any atom is -0.504 e. The second-order valence-electron chi connectivity index (χ2n) is 9.27. The van der Waals surface area contributed by atoms with Gasteiger partial charge in [0.2, 0.25) is 0 Å². The van der Waals surface area contributed by atoms with Gasteiger partial charge >= 0.3 is 0 Å². The molecule has 1 fully saturated rings. The summed E-state index contributed by atoms with van der Waals surface area (Å²) in [5, 5.41) is 19.1. The number of piperazine rings is 1. The molecular formula is C25H29N7O. The zero-order valence-electron chi connectivity index (χ0n) is 19.1. The van der Waals surface area contributed by atoms with E-state index in [0.717, 1.165) is 62.4 Å². The molecule has 2 aromatic heterocycles. The predicted octanol–water partition coefficient (Wildman–Crippen LogP) is 2.69. The average Bonchev–Trinajstić information content (AvgIpc) is 3.50. The van der Waals surface area contributed by atoms with E-state index >= 15 is 0 Å². The molecule has 33 heavy (non-hydrogen) atoms. The minimum atomic E-state index is 0.151. The number of hydrogen-bond acceptors (Lipinski definition) is 6. The summed E-state index contributed by atoms with van der Waals surface area (Å²) in [6, 6.07) is 12.6. The van der Waals surface area contributed by atoms with Crippen LogP contribution in [0.25, 0.3) is 33.8 Å². The summed E-state index contributed by atoms with van der Waals surface area (Å²) in [6.07, 6.45) is 0. The van der Waals surface area contributed by atoms with E-state index in [1.807, 2.05) is 19.2 Å². The molecule has 0 aliphatic carbocycles. The van der Waals surface area contributed by atoms with Crippen molar-refractivity contribution in [3.8, 4) is 28.5 Å². The number of nitrogens with one attached hydrogen (secondary N) is 2. The number of fused-ring (bicyclic) bond motifs is 2. The Hall–Kier alpha value is -3.20. The van der Waals surface area contributed by atoms with E-state index in [0.29, 0.717) is 17.2 Å². The molecule has 8 nitrogen and oxygen atoms in total. The molecule has 3 N–H and O–H groups in total. The number of imidazole rings is 1. The Morgan fingerprint density at radius 3 is 2.45 bits per heavy atom. The van der Waals surface area contributed by atoms with Crippen LogP contribution < -0.4 is 5.32 Å². The number of aromatic hydroxyl groups is 1. The Bertz CT molecular complexity index is 1270. The summed E-state index contributed by atoms with van der Waals surface area (Å²) in [5.74, 6) is 0.782. The van der Waals surface area contributed by atoms with Crippen LogP contribution in [-0.4, -0.2) is 67.9 Å². The van der Waals surface area contributed by atoms with Crippen molar-refractivity contribution in [3.05, 3.63) is 53.1 Å². The van der Waals surface area contributed by atoms with Gasteiger partial charge in [0.05, 0.1) is 11.0 Å². The van der Waals surface area contributed by atoms with Crippen molar-refractivity contribution in [2.45, 2.75) is 19.6 Å². The summed E-state index contributed by atoms with van der Waals surface area (Å²) in [7, 11) is 4.02. The van der Waals surface area contributed by atoms with Gasteiger partial charge in [-0.3, -0.25) is 9.58 Å². The summed E-state index contributed by atoms with van der Waals surface area (Å²) in [5.41, 5.74) is 7.81. The summed E-state index contributed by atoms with van der Waals surface area (Å²) >= 11 is 0. The number of aryl methyl sites for hydroxylation is 1. The quantitative estimate of drug-likeness (QED) is 0.450. The van der Waals surface area contributed by atoms with Crippen molar-refractivity contribution >= 4 is 11.0 Å². The third-order valence-electron chi connectivity index (χ3n) is 6.91. The molecule has 4 aromatic rings.